The topological polar surface area (TPSA) is 69.6 Å². The quantitative estimate of drug-likeness (QED) is 0.611. The van der Waals surface area contributed by atoms with Crippen molar-refractivity contribution < 1.29 is 14.7 Å². The van der Waals surface area contributed by atoms with E-state index in [0.717, 1.165) is 16.7 Å². The lowest BCUT2D eigenvalue weighted by molar-refractivity contribution is -0.115. The van der Waals surface area contributed by atoms with E-state index in [9.17, 15) is 14.7 Å². The van der Waals surface area contributed by atoms with Gasteiger partial charge in [0.1, 0.15) is 11.4 Å². The third-order valence-corrected chi connectivity index (χ3v) is 4.17. The van der Waals surface area contributed by atoms with Crippen LogP contribution in [0.3, 0.4) is 0 Å². The number of phenols is 1. The Kier molecular flexibility index (Phi) is 4.25. The number of likely N-dealkylation sites (N-methyl/N-ethyl adjacent to an activating group) is 1. The zero-order valence-electron chi connectivity index (χ0n) is 15.4. The van der Waals surface area contributed by atoms with Gasteiger partial charge in [0.15, 0.2) is 0 Å². The molecule has 24 heavy (non-hydrogen) atoms. The number of hydrogen-bond donors (Lipinski definition) is 2. The molecule has 0 aliphatic carbocycles. The summed E-state index contributed by atoms with van der Waals surface area (Å²) in [5, 5.41) is 13.0. The lowest BCUT2D eigenvalue weighted by Crippen LogP contribution is -2.24. The number of phenolic OH excluding ortho intramolecular Hbond substituents is 1. The molecule has 0 atom stereocenters. The maximum atomic E-state index is 11.9. The summed E-state index contributed by atoms with van der Waals surface area (Å²) >= 11 is 0. The molecule has 5 heteroatoms. The van der Waals surface area contributed by atoms with E-state index < -0.39 is 11.9 Å². The van der Waals surface area contributed by atoms with E-state index in [0.29, 0.717) is 5.70 Å². The van der Waals surface area contributed by atoms with Crippen LogP contribution < -0.4 is 5.32 Å². The van der Waals surface area contributed by atoms with Crippen molar-refractivity contribution in [2.45, 2.75) is 52.4 Å². The van der Waals surface area contributed by atoms with Gasteiger partial charge in [-0.05, 0) is 34.6 Å². The van der Waals surface area contributed by atoms with Gasteiger partial charge >= 0.3 is 6.03 Å². The highest BCUT2D eigenvalue weighted by molar-refractivity contribution is 6.13. The lowest BCUT2D eigenvalue weighted by Gasteiger charge is -2.28. The first-order chi connectivity index (χ1) is 10.8. The van der Waals surface area contributed by atoms with Crippen LogP contribution in [0.15, 0.2) is 17.8 Å². The lowest BCUT2D eigenvalue weighted by atomic mass is 9.78. The zero-order chi connectivity index (χ0) is 18.4. The van der Waals surface area contributed by atoms with Crippen molar-refractivity contribution in [3.05, 3.63) is 34.5 Å². The second kappa shape index (κ2) is 5.65. The fourth-order valence-corrected chi connectivity index (χ4v) is 2.71. The highest BCUT2D eigenvalue weighted by atomic mass is 16.3. The van der Waals surface area contributed by atoms with Crippen molar-refractivity contribution in [1.82, 2.24) is 10.2 Å². The molecular formula is C19H26N2O3. The Bertz CT molecular complexity index is 699. The van der Waals surface area contributed by atoms with Crippen LogP contribution in [0.2, 0.25) is 0 Å². The number of rotatable bonds is 1. The molecule has 130 valence electrons. The monoisotopic (exact) mass is 330 g/mol. The first-order valence-corrected chi connectivity index (χ1v) is 8.01. The minimum atomic E-state index is -0.433. The number of urea groups is 1. The minimum Gasteiger partial charge on any atom is -0.507 e. The summed E-state index contributed by atoms with van der Waals surface area (Å²) in [6.07, 6.45) is 1.68. The van der Waals surface area contributed by atoms with Gasteiger partial charge in [-0.1, -0.05) is 41.5 Å². The van der Waals surface area contributed by atoms with Gasteiger partial charge in [-0.3, -0.25) is 15.0 Å². The Hall–Kier alpha value is -2.30. The summed E-state index contributed by atoms with van der Waals surface area (Å²) in [4.78, 5) is 24.8. The molecular weight excluding hydrogens is 304 g/mol. The van der Waals surface area contributed by atoms with Gasteiger partial charge in [-0.15, -0.1) is 0 Å². The Morgan fingerprint density at radius 1 is 1.00 bits per heavy atom. The van der Waals surface area contributed by atoms with E-state index in [1.165, 1.54) is 4.90 Å². The Morgan fingerprint density at radius 3 is 1.79 bits per heavy atom. The van der Waals surface area contributed by atoms with Crippen LogP contribution >= 0.6 is 0 Å². The van der Waals surface area contributed by atoms with Crippen molar-refractivity contribution in [3.63, 3.8) is 0 Å². The zero-order valence-corrected chi connectivity index (χ0v) is 15.4. The molecule has 0 saturated carbocycles. The summed E-state index contributed by atoms with van der Waals surface area (Å²) in [7, 11) is 1.56. The van der Waals surface area contributed by atoms with Crippen LogP contribution in [0.5, 0.6) is 5.75 Å². The number of carbonyl (C=O) groups is 2. The van der Waals surface area contributed by atoms with E-state index >= 15 is 0 Å². The van der Waals surface area contributed by atoms with Crippen LogP contribution in [-0.2, 0) is 15.6 Å². The molecule has 2 rings (SSSR count). The molecule has 1 aliphatic rings. The highest BCUT2D eigenvalue weighted by Crippen LogP contribution is 2.40. The molecule has 1 saturated heterocycles. The summed E-state index contributed by atoms with van der Waals surface area (Å²) in [6, 6.07) is 3.32. The standard InChI is InChI=1S/C19H26N2O3/c1-18(2,3)12-8-11(9-13(15(12)22)19(4,5)6)10-14-16(23)20-17(24)21(14)7/h8-10,22H,1-7H3,(H,20,23,24)/b14-10-. The average Bonchev–Trinajstić information content (AvgIpc) is 2.64. The third-order valence-electron chi connectivity index (χ3n) is 4.17. The van der Waals surface area contributed by atoms with Crippen LogP contribution in [0, 0.1) is 0 Å². The maximum absolute atomic E-state index is 11.9. The van der Waals surface area contributed by atoms with Crippen molar-refractivity contribution in [3.8, 4) is 5.75 Å². The van der Waals surface area contributed by atoms with Crippen molar-refractivity contribution in [2.75, 3.05) is 7.05 Å². The summed E-state index contributed by atoms with van der Waals surface area (Å²) in [5.74, 6) is -0.123. The van der Waals surface area contributed by atoms with Crippen LogP contribution in [0.1, 0.15) is 58.2 Å². The number of nitrogens with one attached hydrogen (secondary N) is 1. The second-order valence-corrected chi connectivity index (χ2v) is 8.31. The second-order valence-electron chi connectivity index (χ2n) is 8.31. The number of amides is 3. The number of hydrogen-bond acceptors (Lipinski definition) is 3. The largest absolute Gasteiger partial charge is 0.507 e. The number of imide groups is 1. The van der Waals surface area contributed by atoms with Crippen molar-refractivity contribution in [2.24, 2.45) is 0 Å². The van der Waals surface area contributed by atoms with E-state index in [1.807, 2.05) is 53.7 Å². The first-order valence-electron chi connectivity index (χ1n) is 8.01. The van der Waals surface area contributed by atoms with Crippen LogP contribution in [-0.4, -0.2) is 29.0 Å². The van der Waals surface area contributed by atoms with Crippen LogP contribution in [0.4, 0.5) is 4.79 Å². The summed E-state index contributed by atoms with van der Waals surface area (Å²) in [5.41, 5.74) is 2.21. The third kappa shape index (κ3) is 3.30. The van der Waals surface area contributed by atoms with E-state index in [1.54, 1.807) is 13.1 Å². The van der Waals surface area contributed by atoms with Gasteiger partial charge in [0.2, 0.25) is 0 Å². The smallest absolute Gasteiger partial charge is 0.328 e. The predicted molar refractivity (Wildman–Crippen MR) is 94.8 cm³/mol. The molecule has 3 amide bonds. The van der Waals surface area contributed by atoms with E-state index in [2.05, 4.69) is 5.32 Å². The molecule has 1 aromatic rings. The molecule has 1 heterocycles. The number of aromatic hydroxyl groups is 1. The van der Waals surface area contributed by atoms with Gasteiger partial charge in [0, 0.05) is 18.2 Å². The molecule has 1 aliphatic heterocycles. The first kappa shape index (κ1) is 18.0. The van der Waals surface area contributed by atoms with E-state index in [4.69, 9.17) is 0 Å². The Morgan fingerprint density at radius 2 is 1.46 bits per heavy atom. The average molecular weight is 330 g/mol. The molecule has 5 nitrogen and oxygen atoms in total. The molecule has 2 N–H and O–H groups in total. The molecule has 0 bridgehead atoms. The molecule has 0 aromatic heterocycles. The molecule has 0 spiro atoms. The number of benzene rings is 1. The summed E-state index contributed by atoms with van der Waals surface area (Å²) in [6.45, 7) is 12.2. The number of nitrogens with zero attached hydrogens (tertiary/aromatic N) is 1. The normalized spacial score (nSPS) is 17.6. The predicted octanol–water partition coefficient (Wildman–Crippen LogP) is 3.51. The number of carbonyl (C=O) groups excluding carboxylic acids is 2. The van der Waals surface area contributed by atoms with Crippen molar-refractivity contribution in [1.29, 1.82) is 0 Å². The van der Waals surface area contributed by atoms with Gasteiger partial charge in [0.25, 0.3) is 5.91 Å². The Labute approximate surface area is 143 Å². The maximum Gasteiger partial charge on any atom is 0.328 e. The van der Waals surface area contributed by atoms with Crippen LogP contribution in [0.25, 0.3) is 6.08 Å². The fourth-order valence-electron chi connectivity index (χ4n) is 2.71. The minimum absolute atomic E-state index is 0.252. The Balaban J connectivity index is 2.68. The van der Waals surface area contributed by atoms with Gasteiger partial charge in [-0.25, -0.2) is 4.79 Å². The SMILES string of the molecule is CN1C(=O)NC(=O)/C1=C/c1cc(C(C)(C)C)c(O)c(C(C)(C)C)c1. The summed E-state index contributed by atoms with van der Waals surface area (Å²) < 4.78 is 0. The van der Waals surface area contributed by atoms with E-state index in [-0.39, 0.29) is 16.6 Å². The molecule has 1 fully saturated rings. The molecule has 0 radical (unpaired) electrons. The van der Waals surface area contributed by atoms with Crippen molar-refractivity contribution >= 4 is 18.0 Å². The van der Waals surface area contributed by atoms with Gasteiger partial charge in [0.05, 0.1) is 0 Å². The highest BCUT2D eigenvalue weighted by Gasteiger charge is 2.31. The molecule has 0 unspecified atom stereocenters. The van der Waals surface area contributed by atoms with Gasteiger partial charge in [-0.2, -0.15) is 0 Å². The van der Waals surface area contributed by atoms with Gasteiger partial charge < -0.3 is 5.11 Å². The molecule has 1 aromatic carbocycles. The fraction of sp³-hybridized carbons (Fsp3) is 0.474.